The lowest BCUT2D eigenvalue weighted by molar-refractivity contribution is 0.0940. The maximum Gasteiger partial charge on any atom is 0.252 e. The summed E-state index contributed by atoms with van der Waals surface area (Å²) in [6, 6.07) is 3.26. The number of amides is 1. The predicted octanol–water partition coefficient (Wildman–Crippen LogP) is 0.589. The number of likely N-dealkylation sites (tertiary alicyclic amines) is 1. The molecule has 1 aromatic heterocycles. The summed E-state index contributed by atoms with van der Waals surface area (Å²) in [5.74, 6) is -0.141. The zero-order valence-electron chi connectivity index (χ0n) is 10.6. The van der Waals surface area contributed by atoms with Crippen LogP contribution in [0.1, 0.15) is 30.1 Å². The number of nitrogens with zero attached hydrogens (tertiary/aromatic N) is 1. The third-order valence-corrected chi connectivity index (χ3v) is 3.37. The van der Waals surface area contributed by atoms with Crippen LogP contribution in [-0.4, -0.2) is 41.5 Å². The Balaban J connectivity index is 1.84. The molecule has 0 bridgehead atoms. The van der Waals surface area contributed by atoms with Gasteiger partial charge in [-0.25, -0.2) is 0 Å². The van der Waals surface area contributed by atoms with Gasteiger partial charge in [-0.1, -0.05) is 0 Å². The van der Waals surface area contributed by atoms with E-state index in [-0.39, 0.29) is 11.5 Å². The largest absolute Gasteiger partial charge is 0.350 e. The van der Waals surface area contributed by atoms with Gasteiger partial charge >= 0.3 is 0 Å². The number of pyridine rings is 1. The first kappa shape index (κ1) is 12.8. The minimum absolute atomic E-state index is 0.141. The number of hydrogen-bond donors (Lipinski definition) is 2. The Bertz CT molecular complexity index is 443. The van der Waals surface area contributed by atoms with Gasteiger partial charge in [0.1, 0.15) is 0 Å². The maximum atomic E-state index is 11.8. The lowest BCUT2D eigenvalue weighted by Crippen LogP contribution is -2.40. The highest BCUT2D eigenvalue weighted by atomic mass is 16.1. The van der Waals surface area contributed by atoms with Crippen LogP contribution in [0.4, 0.5) is 0 Å². The van der Waals surface area contributed by atoms with Gasteiger partial charge in [-0.15, -0.1) is 0 Å². The Kier molecular flexibility index (Phi) is 4.15. The molecule has 1 unspecified atom stereocenters. The van der Waals surface area contributed by atoms with E-state index in [0.29, 0.717) is 18.2 Å². The van der Waals surface area contributed by atoms with Crippen molar-refractivity contribution in [2.24, 2.45) is 0 Å². The molecule has 0 radical (unpaired) electrons. The Labute approximate surface area is 106 Å². The first-order valence-corrected chi connectivity index (χ1v) is 6.38. The van der Waals surface area contributed by atoms with Crippen LogP contribution < -0.4 is 10.9 Å². The minimum Gasteiger partial charge on any atom is -0.350 e. The first-order valence-electron chi connectivity index (χ1n) is 6.38. The molecular formula is C13H19N3O2. The number of carbonyl (C=O) groups excluding carboxylic acids is 1. The zero-order chi connectivity index (χ0) is 13.0. The highest BCUT2D eigenvalue weighted by molar-refractivity contribution is 5.93. The van der Waals surface area contributed by atoms with Crippen molar-refractivity contribution in [2.45, 2.75) is 25.8 Å². The van der Waals surface area contributed by atoms with Crippen LogP contribution >= 0.6 is 0 Å². The molecular weight excluding hydrogens is 230 g/mol. The predicted molar refractivity (Wildman–Crippen MR) is 69.7 cm³/mol. The van der Waals surface area contributed by atoms with E-state index in [1.54, 1.807) is 0 Å². The van der Waals surface area contributed by atoms with E-state index < -0.39 is 0 Å². The molecule has 1 aliphatic heterocycles. The fourth-order valence-corrected chi connectivity index (χ4v) is 2.21. The molecule has 1 atom stereocenters. The summed E-state index contributed by atoms with van der Waals surface area (Å²) in [7, 11) is 0. The molecule has 1 saturated heterocycles. The summed E-state index contributed by atoms with van der Waals surface area (Å²) < 4.78 is 0. The van der Waals surface area contributed by atoms with E-state index in [4.69, 9.17) is 0 Å². The highest BCUT2D eigenvalue weighted by Crippen LogP contribution is 2.10. The molecule has 98 valence electrons. The van der Waals surface area contributed by atoms with Crippen LogP contribution in [0.25, 0.3) is 0 Å². The van der Waals surface area contributed by atoms with Gasteiger partial charge < -0.3 is 10.3 Å². The summed E-state index contributed by atoms with van der Waals surface area (Å²) >= 11 is 0. The van der Waals surface area contributed by atoms with E-state index >= 15 is 0 Å². The van der Waals surface area contributed by atoms with E-state index in [2.05, 4.69) is 22.1 Å². The van der Waals surface area contributed by atoms with Gasteiger partial charge in [0.15, 0.2) is 0 Å². The second kappa shape index (κ2) is 5.82. The molecule has 0 aliphatic carbocycles. The summed E-state index contributed by atoms with van der Waals surface area (Å²) in [4.78, 5) is 27.6. The summed E-state index contributed by atoms with van der Waals surface area (Å²) in [5, 5.41) is 2.89. The quantitative estimate of drug-likeness (QED) is 0.820. The van der Waals surface area contributed by atoms with Crippen molar-refractivity contribution in [2.75, 3.05) is 19.6 Å². The van der Waals surface area contributed by atoms with Crippen LogP contribution in [0.5, 0.6) is 0 Å². The van der Waals surface area contributed by atoms with Crippen LogP contribution in [0.2, 0.25) is 0 Å². The number of carbonyl (C=O) groups is 1. The first-order chi connectivity index (χ1) is 8.66. The van der Waals surface area contributed by atoms with Crippen molar-refractivity contribution in [1.29, 1.82) is 0 Å². The number of nitrogens with one attached hydrogen (secondary N) is 2. The normalized spacial score (nSPS) is 17.6. The molecule has 0 aromatic carbocycles. The lowest BCUT2D eigenvalue weighted by Gasteiger charge is -2.23. The van der Waals surface area contributed by atoms with Crippen LogP contribution in [0.3, 0.4) is 0 Å². The minimum atomic E-state index is -0.197. The third-order valence-electron chi connectivity index (χ3n) is 3.37. The van der Waals surface area contributed by atoms with Crippen LogP contribution in [0, 0.1) is 0 Å². The SMILES string of the molecule is CC(CNC(=O)c1ccc(=O)[nH]c1)N1CCCC1. The van der Waals surface area contributed by atoms with E-state index in [0.717, 1.165) is 13.1 Å². The number of H-pyrrole nitrogens is 1. The molecule has 1 amide bonds. The molecule has 5 heteroatoms. The molecule has 5 nitrogen and oxygen atoms in total. The van der Waals surface area contributed by atoms with E-state index in [1.807, 2.05) is 0 Å². The van der Waals surface area contributed by atoms with Gasteiger partial charge in [0.25, 0.3) is 5.91 Å². The zero-order valence-corrected chi connectivity index (χ0v) is 10.6. The summed E-state index contributed by atoms with van der Waals surface area (Å²) in [6.07, 6.45) is 3.94. The molecule has 2 N–H and O–H groups in total. The summed E-state index contributed by atoms with van der Waals surface area (Å²) in [5.41, 5.74) is 0.292. The summed E-state index contributed by atoms with van der Waals surface area (Å²) in [6.45, 7) is 5.00. The molecule has 0 saturated carbocycles. The van der Waals surface area contributed by atoms with Gasteiger partial charge in [0, 0.05) is 24.8 Å². The lowest BCUT2D eigenvalue weighted by atomic mass is 10.2. The Morgan fingerprint density at radius 3 is 2.78 bits per heavy atom. The average molecular weight is 249 g/mol. The standard InChI is InChI=1S/C13H19N3O2/c1-10(16-6-2-3-7-16)8-15-13(18)11-4-5-12(17)14-9-11/h4-5,9-10H,2-3,6-8H2,1H3,(H,14,17)(H,15,18). The molecule has 2 heterocycles. The fourth-order valence-electron chi connectivity index (χ4n) is 2.21. The molecule has 1 fully saturated rings. The van der Waals surface area contributed by atoms with Gasteiger partial charge in [0.2, 0.25) is 5.56 Å². The van der Waals surface area contributed by atoms with Gasteiger partial charge in [0.05, 0.1) is 5.56 Å². The Hall–Kier alpha value is -1.62. The molecule has 1 aromatic rings. The van der Waals surface area contributed by atoms with Crippen molar-refractivity contribution in [1.82, 2.24) is 15.2 Å². The number of aromatic amines is 1. The van der Waals surface area contributed by atoms with Crippen molar-refractivity contribution in [3.63, 3.8) is 0 Å². The second-order valence-corrected chi connectivity index (χ2v) is 4.74. The topological polar surface area (TPSA) is 65.2 Å². The monoisotopic (exact) mass is 249 g/mol. The highest BCUT2D eigenvalue weighted by Gasteiger charge is 2.18. The van der Waals surface area contributed by atoms with Crippen molar-refractivity contribution < 1.29 is 4.79 Å². The Morgan fingerprint density at radius 1 is 1.44 bits per heavy atom. The van der Waals surface area contributed by atoms with Gasteiger partial charge in [-0.3, -0.25) is 14.5 Å². The molecule has 0 spiro atoms. The van der Waals surface area contributed by atoms with Crippen molar-refractivity contribution in [3.8, 4) is 0 Å². The van der Waals surface area contributed by atoms with E-state index in [1.165, 1.54) is 31.2 Å². The smallest absolute Gasteiger partial charge is 0.252 e. The third kappa shape index (κ3) is 3.20. The maximum absolute atomic E-state index is 11.8. The van der Waals surface area contributed by atoms with Crippen molar-refractivity contribution in [3.05, 3.63) is 34.2 Å². The molecule has 1 aliphatic rings. The number of hydrogen-bond acceptors (Lipinski definition) is 3. The van der Waals surface area contributed by atoms with Crippen molar-refractivity contribution >= 4 is 5.91 Å². The van der Waals surface area contributed by atoms with E-state index in [9.17, 15) is 9.59 Å². The van der Waals surface area contributed by atoms with Crippen LogP contribution in [-0.2, 0) is 0 Å². The Morgan fingerprint density at radius 2 is 2.17 bits per heavy atom. The fraction of sp³-hybridized carbons (Fsp3) is 0.538. The van der Waals surface area contributed by atoms with Gasteiger partial charge in [-0.05, 0) is 38.9 Å². The molecule has 18 heavy (non-hydrogen) atoms. The molecule has 2 rings (SSSR count). The van der Waals surface area contributed by atoms with Gasteiger partial charge in [-0.2, -0.15) is 0 Å². The number of aromatic nitrogens is 1. The van der Waals surface area contributed by atoms with Crippen LogP contribution in [0.15, 0.2) is 23.1 Å². The number of rotatable bonds is 4. The second-order valence-electron chi connectivity index (χ2n) is 4.74. The average Bonchev–Trinajstić information content (AvgIpc) is 2.90.